The zero-order valence-electron chi connectivity index (χ0n) is 9.42. The molecule has 0 radical (unpaired) electrons. The van der Waals surface area contributed by atoms with E-state index in [1.165, 1.54) is 0 Å². The topological polar surface area (TPSA) is 32.3 Å². The number of benzene rings is 1. The Hall–Kier alpha value is -0.540. The molecule has 0 aromatic heterocycles. The van der Waals surface area contributed by atoms with Gasteiger partial charge >= 0.3 is 0 Å². The molecule has 0 fully saturated rings. The third kappa shape index (κ3) is 3.50. The lowest BCUT2D eigenvalue weighted by Gasteiger charge is -2.18. The Balaban J connectivity index is 2.62. The number of hydrogen-bond donors (Lipinski definition) is 2. The molecule has 1 rings (SSSR count). The summed E-state index contributed by atoms with van der Waals surface area (Å²) in [6.45, 7) is 7.21. The number of nitrogens with one attached hydrogen (secondary N) is 1. The lowest BCUT2D eigenvalue weighted by molar-refractivity contribution is 0.415. The second kappa shape index (κ2) is 5.52. The highest BCUT2D eigenvalue weighted by Gasteiger charge is 2.08. The lowest BCUT2D eigenvalue weighted by Crippen LogP contribution is -2.30. The van der Waals surface area contributed by atoms with Gasteiger partial charge in [-0.15, -0.1) is 0 Å². The molecule has 1 atom stereocenters. The molecule has 0 unspecified atom stereocenters. The molecule has 0 amide bonds. The summed E-state index contributed by atoms with van der Waals surface area (Å²) in [5.41, 5.74) is 0.928. The van der Waals surface area contributed by atoms with Gasteiger partial charge in [0, 0.05) is 18.2 Å². The van der Waals surface area contributed by atoms with Gasteiger partial charge in [0.05, 0.1) is 4.47 Å². The number of phenolic OH excluding ortho intramolecular Hbond substituents is 1. The Kier molecular flexibility index (Phi) is 4.61. The molecule has 1 aromatic rings. The third-order valence-corrected chi connectivity index (χ3v) is 3.32. The van der Waals surface area contributed by atoms with Crippen LogP contribution >= 0.6 is 15.9 Å². The largest absolute Gasteiger partial charge is 0.506 e. The minimum absolute atomic E-state index is 0.334. The van der Waals surface area contributed by atoms with Gasteiger partial charge in [0.15, 0.2) is 0 Å². The summed E-state index contributed by atoms with van der Waals surface area (Å²) in [6.07, 6.45) is 0. The molecule has 0 saturated carbocycles. The van der Waals surface area contributed by atoms with Crippen LogP contribution < -0.4 is 5.32 Å². The minimum Gasteiger partial charge on any atom is -0.506 e. The maximum absolute atomic E-state index is 9.76. The van der Waals surface area contributed by atoms with E-state index in [0.717, 1.165) is 10.0 Å². The van der Waals surface area contributed by atoms with Gasteiger partial charge in [0.25, 0.3) is 0 Å². The van der Waals surface area contributed by atoms with Crippen molar-refractivity contribution >= 4 is 15.9 Å². The Morgan fingerprint density at radius 1 is 1.33 bits per heavy atom. The van der Waals surface area contributed by atoms with Gasteiger partial charge in [-0.25, -0.2) is 0 Å². The van der Waals surface area contributed by atoms with Gasteiger partial charge in [-0.3, -0.25) is 0 Å². The van der Waals surface area contributed by atoms with Crippen LogP contribution in [0.1, 0.15) is 26.3 Å². The van der Waals surface area contributed by atoms with Gasteiger partial charge in [-0.1, -0.05) is 26.0 Å². The van der Waals surface area contributed by atoms with Gasteiger partial charge in [0.2, 0.25) is 0 Å². The standard InChI is InChI=1S/C12H18BrNO/c1-8(2)9(3)14-7-10-5-4-6-11(13)12(10)15/h4-6,8-9,14-15H,7H2,1-3H3/t9-/m0/s1. The lowest BCUT2D eigenvalue weighted by atomic mass is 10.1. The molecule has 15 heavy (non-hydrogen) atoms. The van der Waals surface area contributed by atoms with Crippen molar-refractivity contribution in [3.63, 3.8) is 0 Å². The Bertz CT molecular complexity index is 325. The number of rotatable bonds is 4. The summed E-state index contributed by atoms with van der Waals surface area (Å²) in [4.78, 5) is 0. The number of hydrogen-bond acceptors (Lipinski definition) is 2. The molecule has 3 heteroatoms. The molecule has 2 nitrogen and oxygen atoms in total. The predicted molar refractivity (Wildman–Crippen MR) is 66.9 cm³/mol. The van der Waals surface area contributed by atoms with Crippen molar-refractivity contribution in [2.24, 2.45) is 5.92 Å². The quantitative estimate of drug-likeness (QED) is 0.881. The molecule has 0 spiro atoms. The summed E-state index contributed by atoms with van der Waals surface area (Å²) in [5.74, 6) is 0.931. The average Bonchev–Trinajstić information content (AvgIpc) is 2.19. The maximum atomic E-state index is 9.76. The van der Waals surface area contributed by atoms with E-state index in [9.17, 15) is 5.11 Å². The molecular weight excluding hydrogens is 254 g/mol. The van der Waals surface area contributed by atoms with Crippen molar-refractivity contribution < 1.29 is 5.11 Å². The van der Waals surface area contributed by atoms with Crippen LogP contribution in [-0.2, 0) is 6.54 Å². The Morgan fingerprint density at radius 2 is 2.00 bits per heavy atom. The molecule has 2 N–H and O–H groups in total. The summed E-state index contributed by atoms with van der Waals surface area (Å²) < 4.78 is 0.749. The molecular formula is C12H18BrNO. The Labute approximate surface area is 99.8 Å². The van der Waals surface area contributed by atoms with Crippen molar-refractivity contribution in [1.29, 1.82) is 0 Å². The van der Waals surface area contributed by atoms with Crippen molar-refractivity contribution in [2.75, 3.05) is 0 Å². The van der Waals surface area contributed by atoms with E-state index in [4.69, 9.17) is 0 Å². The second-order valence-corrected chi connectivity index (χ2v) is 5.02. The van der Waals surface area contributed by atoms with Gasteiger partial charge < -0.3 is 10.4 Å². The number of phenols is 1. The molecule has 0 aliphatic heterocycles. The summed E-state index contributed by atoms with van der Waals surface area (Å²) in [7, 11) is 0. The van der Waals surface area contributed by atoms with Crippen molar-refractivity contribution in [1.82, 2.24) is 5.32 Å². The predicted octanol–water partition coefficient (Wildman–Crippen LogP) is 3.29. The first-order valence-corrected chi connectivity index (χ1v) is 6.01. The van der Waals surface area contributed by atoms with E-state index in [1.807, 2.05) is 18.2 Å². The minimum atomic E-state index is 0.334. The first-order chi connectivity index (χ1) is 7.02. The zero-order chi connectivity index (χ0) is 11.4. The first-order valence-electron chi connectivity index (χ1n) is 5.22. The molecule has 0 bridgehead atoms. The van der Waals surface area contributed by atoms with Crippen molar-refractivity contribution in [3.8, 4) is 5.75 Å². The van der Waals surface area contributed by atoms with Crippen LogP contribution in [0.15, 0.2) is 22.7 Å². The number of halogens is 1. The molecule has 0 saturated heterocycles. The average molecular weight is 272 g/mol. The highest BCUT2D eigenvalue weighted by atomic mass is 79.9. The fourth-order valence-corrected chi connectivity index (χ4v) is 1.62. The van der Waals surface area contributed by atoms with Crippen LogP contribution in [0.5, 0.6) is 5.75 Å². The summed E-state index contributed by atoms with van der Waals surface area (Å²) >= 11 is 3.30. The fourth-order valence-electron chi connectivity index (χ4n) is 1.21. The van der Waals surface area contributed by atoms with Crippen LogP contribution in [0, 0.1) is 5.92 Å². The molecule has 84 valence electrons. The maximum Gasteiger partial charge on any atom is 0.134 e. The van der Waals surface area contributed by atoms with E-state index in [1.54, 1.807) is 0 Å². The summed E-state index contributed by atoms with van der Waals surface area (Å²) in [5, 5.41) is 13.1. The van der Waals surface area contributed by atoms with E-state index in [-0.39, 0.29) is 0 Å². The zero-order valence-corrected chi connectivity index (χ0v) is 11.0. The van der Waals surface area contributed by atoms with E-state index >= 15 is 0 Å². The third-order valence-electron chi connectivity index (χ3n) is 2.68. The van der Waals surface area contributed by atoms with Crippen molar-refractivity contribution in [2.45, 2.75) is 33.4 Å². The molecule has 0 heterocycles. The van der Waals surface area contributed by atoms with E-state index < -0.39 is 0 Å². The van der Waals surface area contributed by atoms with Gasteiger partial charge in [0.1, 0.15) is 5.75 Å². The first kappa shape index (κ1) is 12.5. The second-order valence-electron chi connectivity index (χ2n) is 4.16. The molecule has 0 aliphatic rings. The van der Waals surface area contributed by atoms with Crippen LogP contribution in [0.2, 0.25) is 0 Å². The number of aromatic hydroxyl groups is 1. The SMILES string of the molecule is CC(C)[C@H](C)NCc1cccc(Br)c1O. The normalized spacial score (nSPS) is 13.1. The van der Waals surface area contributed by atoms with Gasteiger partial charge in [-0.05, 0) is 34.8 Å². The van der Waals surface area contributed by atoms with E-state index in [0.29, 0.717) is 24.3 Å². The van der Waals surface area contributed by atoms with Crippen LogP contribution in [0.25, 0.3) is 0 Å². The monoisotopic (exact) mass is 271 g/mol. The molecule has 1 aromatic carbocycles. The highest BCUT2D eigenvalue weighted by molar-refractivity contribution is 9.10. The van der Waals surface area contributed by atoms with E-state index in [2.05, 4.69) is 42.0 Å². The smallest absolute Gasteiger partial charge is 0.134 e. The van der Waals surface area contributed by atoms with Crippen LogP contribution in [0.4, 0.5) is 0 Å². The summed E-state index contributed by atoms with van der Waals surface area (Å²) in [6, 6.07) is 6.15. The van der Waals surface area contributed by atoms with Crippen LogP contribution in [-0.4, -0.2) is 11.1 Å². The van der Waals surface area contributed by atoms with Crippen molar-refractivity contribution in [3.05, 3.63) is 28.2 Å². The molecule has 0 aliphatic carbocycles. The van der Waals surface area contributed by atoms with Gasteiger partial charge in [-0.2, -0.15) is 0 Å². The fraction of sp³-hybridized carbons (Fsp3) is 0.500. The Morgan fingerprint density at radius 3 is 2.60 bits per heavy atom. The van der Waals surface area contributed by atoms with Crippen LogP contribution in [0.3, 0.4) is 0 Å². The number of para-hydroxylation sites is 1. The highest BCUT2D eigenvalue weighted by Crippen LogP contribution is 2.27.